The predicted molar refractivity (Wildman–Crippen MR) is 69.6 cm³/mol. The minimum absolute atomic E-state index is 0.241. The number of anilines is 1. The lowest BCUT2D eigenvalue weighted by Crippen LogP contribution is -2.37. The van der Waals surface area contributed by atoms with Crippen molar-refractivity contribution in [3.8, 4) is 0 Å². The predicted octanol–water partition coefficient (Wildman–Crippen LogP) is 0.804. The lowest BCUT2D eigenvalue weighted by Gasteiger charge is -2.28. The Hall–Kier alpha value is -1.07. The van der Waals surface area contributed by atoms with Gasteiger partial charge in [-0.15, -0.1) is 0 Å². The Labute approximate surface area is 103 Å². The number of aromatic nitrogens is 2. The normalized spacial score (nSPS) is 14.2. The zero-order chi connectivity index (χ0) is 13.1. The summed E-state index contributed by atoms with van der Waals surface area (Å²) in [6, 6.07) is 0. The number of nitrogen functional groups attached to an aromatic ring is 1. The molecular weight excluding hydrogens is 216 g/mol. The van der Waals surface area contributed by atoms with Gasteiger partial charge in [0.2, 0.25) is 0 Å². The number of hydrogen-bond acceptors (Lipinski definition) is 4. The highest BCUT2D eigenvalue weighted by Gasteiger charge is 2.16. The van der Waals surface area contributed by atoms with Gasteiger partial charge in [0, 0.05) is 19.3 Å². The number of nitrogens with two attached hydrogens (primary N) is 1. The summed E-state index contributed by atoms with van der Waals surface area (Å²) in [5, 5.41) is 14.0. The lowest BCUT2D eigenvalue weighted by molar-refractivity contribution is 0.0918. The molecule has 3 N–H and O–H groups in total. The van der Waals surface area contributed by atoms with E-state index in [0.29, 0.717) is 18.8 Å². The molecule has 1 atom stereocenters. The first-order valence-electron chi connectivity index (χ1n) is 5.91. The zero-order valence-electron chi connectivity index (χ0n) is 11.2. The summed E-state index contributed by atoms with van der Waals surface area (Å²) in [6.45, 7) is 8.62. The molecular formula is C12H24N4O. The van der Waals surface area contributed by atoms with Gasteiger partial charge in [-0.05, 0) is 12.5 Å². The highest BCUT2D eigenvalue weighted by molar-refractivity contribution is 5.30. The average molecular weight is 240 g/mol. The summed E-state index contributed by atoms with van der Waals surface area (Å²) in [4.78, 5) is 2.14. The monoisotopic (exact) mass is 240 g/mol. The highest BCUT2D eigenvalue weighted by Crippen LogP contribution is 2.14. The van der Waals surface area contributed by atoms with Gasteiger partial charge in [0.25, 0.3) is 0 Å². The fourth-order valence-corrected chi connectivity index (χ4v) is 1.99. The number of nitrogens with zero attached hydrogens (tertiary/aromatic N) is 3. The average Bonchev–Trinajstić information content (AvgIpc) is 2.46. The SMILES string of the molecule is CN(CC(O)Cn1cc(N)cn1)CC(C)(C)C. The van der Waals surface area contributed by atoms with Crippen LogP contribution in [-0.4, -0.2) is 46.0 Å². The van der Waals surface area contributed by atoms with E-state index in [2.05, 4.69) is 30.8 Å². The molecule has 1 heterocycles. The molecule has 0 saturated carbocycles. The second kappa shape index (κ2) is 5.51. The van der Waals surface area contributed by atoms with Crippen molar-refractivity contribution < 1.29 is 5.11 Å². The molecule has 17 heavy (non-hydrogen) atoms. The first kappa shape index (κ1) is 14.0. The van der Waals surface area contributed by atoms with Crippen LogP contribution >= 0.6 is 0 Å². The third-order valence-electron chi connectivity index (χ3n) is 2.32. The molecule has 1 aromatic rings. The zero-order valence-corrected chi connectivity index (χ0v) is 11.2. The summed E-state index contributed by atoms with van der Waals surface area (Å²) >= 11 is 0. The molecule has 5 nitrogen and oxygen atoms in total. The van der Waals surface area contributed by atoms with Gasteiger partial charge in [-0.25, -0.2) is 0 Å². The molecule has 0 aliphatic heterocycles. The minimum Gasteiger partial charge on any atom is -0.396 e. The maximum atomic E-state index is 9.94. The van der Waals surface area contributed by atoms with Crippen LogP contribution in [0.25, 0.3) is 0 Å². The van der Waals surface area contributed by atoms with E-state index in [-0.39, 0.29) is 5.41 Å². The Morgan fingerprint density at radius 3 is 2.65 bits per heavy atom. The second-order valence-corrected chi connectivity index (χ2v) is 5.91. The molecule has 98 valence electrons. The van der Waals surface area contributed by atoms with Crippen molar-refractivity contribution in [3.05, 3.63) is 12.4 Å². The molecule has 1 unspecified atom stereocenters. The number of hydrogen-bond donors (Lipinski definition) is 2. The number of aliphatic hydroxyl groups excluding tert-OH is 1. The van der Waals surface area contributed by atoms with Crippen LogP contribution in [-0.2, 0) is 6.54 Å². The van der Waals surface area contributed by atoms with Crippen LogP contribution in [0.3, 0.4) is 0 Å². The van der Waals surface area contributed by atoms with Gasteiger partial charge in [0.05, 0.1) is 24.5 Å². The molecule has 0 saturated heterocycles. The Bertz CT molecular complexity index is 343. The van der Waals surface area contributed by atoms with Gasteiger partial charge < -0.3 is 15.7 Å². The van der Waals surface area contributed by atoms with Crippen molar-refractivity contribution in [3.63, 3.8) is 0 Å². The molecule has 0 bridgehead atoms. The van der Waals surface area contributed by atoms with Crippen LogP contribution in [0.1, 0.15) is 20.8 Å². The van der Waals surface area contributed by atoms with Crippen molar-refractivity contribution in [2.24, 2.45) is 5.41 Å². The Kier molecular flexibility index (Phi) is 4.54. The number of aliphatic hydroxyl groups is 1. The fourth-order valence-electron chi connectivity index (χ4n) is 1.99. The molecule has 5 heteroatoms. The van der Waals surface area contributed by atoms with Gasteiger partial charge >= 0.3 is 0 Å². The van der Waals surface area contributed by atoms with Crippen molar-refractivity contribution in [1.82, 2.24) is 14.7 Å². The molecule has 0 amide bonds. The highest BCUT2D eigenvalue weighted by atomic mass is 16.3. The van der Waals surface area contributed by atoms with E-state index < -0.39 is 6.10 Å². The number of rotatable bonds is 5. The van der Waals surface area contributed by atoms with Gasteiger partial charge in [-0.3, -0.25) is 4.68 Å². The summed E-state index contributed by atoms with van der Waals surface area (Å²) in [7, 11) is 2.02. The van der Waals surface area contributed by atoms with Crippen LogP contribution in [0, 0.1) is 5.41 Å². The van der Waals surface area contributed by atoms with E-state index in [9.17, 15) is 5.11 Å². The van der Waals surface area contributed by atoms with Crippen LogP contribution in [0.4, 0.5) is 5.69 Å². The smallest absolute Gasteiger partial charge is 0.0862 e. The van der Waals surface area contributed by atoms with Crippen molar-refractivity contribution in [2.45, 2.75) is 33.4 Å². The molecule has 0 aromatic carbocycles. The lowest BCUT2D eigenvalue weighted by atomic mass is 9.96. The van der Waals surface area contributed by atoms with E-state index in [1.54, 1.807) is 17.1 Å². The molecule has 1 aromatic heterocycles. The van der Waals surface area contributed by atoms with Crippen LogP contribution in [0.2, 0.25) is 0 Å². The topological polar surface area (TPSA) is 67.3 Å². The summed E-state index contributed by atoms with van der Waals surface area (Å²) in [5.41, 5.74) is 6.43. The summed E-state index contributed by atoms with van der Waals surface area (Å²) < 4.78 is 1.67. The summed E-state index contributed by atoms with van der Waals surface area (Å²) in [6.07, 6.45) is 2.89. The molecule has 0 spiro atoms. The molecule has 0 aliphatic rings. The number of likely N-dealkylation sites (N-methyl/N-ethyl adjacent to an activating group) is 1. The largest absolute Gasteiger partial charge is 0.396 e. The molecule has 0 fully saturated rings. The summed E-state index contributed by atoms with van der Waals surface area (Å²) in [5.74, 6) is 0. The quantitative estimate of drug-likeness (QED) is 0.799. The Morgan fingerprint density at radius 2 is 2.18 bits per heavy atom. The van der Waals surface area contributed by atoms with Gasteiger partial charge in [-0.2, -0.15) is 5.10 Å². The molecule has 1 rings (SSSR count). The van der Waals surface area contributed by atoms with Gasteiger partial charge in [0.1, 0.15) is 0 Å². The minimum atomic E-state index is -0.429. The third-order valence-corrected chi connectivity index (χ3v) is 2.32. The van der Waals surface area contributed by atoms with Crippen molar-refractivity contribution >= 4 is 5.69 Å². The van der Waals surface area contributed by atoms with Gasteiger partial charge in [-0.1, -0.05) is 20.8 Å². The second-order valence-electron chi connectivity index (χ2n) is 5.91. The van der Waals surface area contributed by atoms with Crippen LogP contribution in [0.15, 0.2) is 12.4 Å². The first-order chi connectivity index (χ1) is 7.76. The van der Waals surface area contributed by atoms with E-state index in [0.717, 1.165) is 6.54 Å². The molecule has 0 aliphatic carbocycles. The van der Waals surface area contributed by atoms with Crippen molar-refractivity contribution in [2.75, 3.05) is 25.9 Å². The third kappa shape index (κ3) is 5.70. The molecule has 0 radical (unpaired) electrons. The van der Waals surface area contributed by atoms with Gasteiger partial charge in [0.15, 0.2) is 0 Å². The van der Waals surface area contributed by atoms with E-state index in [1.807, 2.05) is 7.05 Å². The van der Waals surface area contributed by atoms with Crippen molar-refractivity contribution in [1.29, 1.82) is 0 Å². The Morgan fingerprint density at radius 1 is 1.53 bits per heavy atom. The fraction of sp³-hybridized carbons (Fsp3) is 0.750. The maximum absolute atomic E-state index is 9.94. The standard InChI is InChI=1S/C12H24N4O/c1-12(2,3)9-15(4)7-11(17)8-16-6-10(13)5-14-16/h5-6,11,17H,7-9,13H2,1-4H3. The van der Waals surface area contributed by atoms with Crippen LogP contribution in [0.5, 0.6) is 0 Å². The van der Waals surface area contributed by atoms with E-state index >= 15 is 0 Å². The van der Waals surface area contributed by atoms with Crippen LogP contribution < -0.4 is 5.73 Å². The first-order valence-corrected chi connectivity index (χ1v) is 5.91. The van der Waals surface area contributed by atoms with E-state index in [1.165, 1.54) is 0 Å². The maximum Gasteiger partial charge on any atom is 0.0862 e. The Balaban J connectivity index is 2.36. The van der Waals surface area contributed by atoms with E-state index in [4.69, 9.17) is 5.73 Å².